The van der Waals surface area contributed by atoms with Gasteiger partial charge in [-0.2, -0.15) is 5.10 Å². The molecule has 5 nitrogen and oxygen atoms in total. The Hall–Kier alpha value is -2.69. The average molecular weight is 325 g/mol. The summed E-state index contributed by atoms with van der Waals surface area (Å²) in [5.74, 6) is 0.601. The number of nitrogens with zero attached hydrogens (tertiary/aromatic N) is 3. The third-order valence-corrected chi connectivity index (χ3v) is 4.23. The van der Waals surface area contributed by atoms with Crippen LogP contribution in [0.4, 0.5) is 5.69 Å². The summed E-state index contributed by atoms with van der Waals surface area (Å²) in [7, 11) is 1.54. The number of methoxy groups -OCH3 is 1. The Morgan fingerprint density at radius 2 is 1.75 bits per heavy atom. The van der Waals surface area contributed by atoms with Crippen molar-refractivity contribution in [3.8, 4) is 11.5 Å². The van der Waals surface area contributed by atoms with Gasteiger partial charge in [-0.05, 0) is 42.8 Å². The highest BCUT2D eigenvalue weighted by molar-refractivity contribution is 5.80. The summed E-state index contributed by atoms with van der Waals surface area (Å²) in [6.45, 7) is 5.80. The van der Waals surface area contributed by atoms with Gasteiger partial charge in [0.2, 0.25) is 0 Å². The van der Waals surface area contributed by atoms with E-state index in [-0.39, 0.29) is 5.75 Å². The smallest absolute Gasteiger partial charge is 0.161 e. The topological polar surface area (TPSA) is 48.3 Å². The van der Waals surface area contributed by atoms with Crippen molar-refractivity contribution in [1.82, 2.24) is 5.01 Å². The van der Waals surface area contributed by atoms with E-state index in [9.17, 15) is 5.11 Å². The molecule has 0 aromatic heterocycles. The highest BCUT2D eigenvalue weighted by Gasteiger charge is 2.15. The quantitative estimate of drug-likeness (QED) is 0.878. The zero-order chi connectivity index (χ0) is 16.9. The van der Waals surface area contributed by atoms with E-state index in [2.05, 4.69) is 46.2 Å². The molecule has 1 heterocycles. The second kappa shape index (κ2) is 7.25. The van der Waals surface area contributed by atoms with E-state index in [4.69, 9.17) is 4.74 Å². The van der Waals surface area contributed by atoms with E-state index in [0.29, 0.717) is 5.75 Å². The summed E-state index contributed by atoms with van der Waals surface area (Å²) in [5.41, 5.74) is 3.46. The average Bonchev–Trinajstić information content (AvgIpc) is 2.62. The van der Waals surface area contributed by atoms with Crippen LogP contribution < -0.4 is 9.64 Å². The number of ether oxygens (including phenoxy) is 1. The molecule has 24 heavy (non-hydrogen) atoms. The first-order valence-corrected chi connectivity index (χ1v) is 8.13. The first-order chi connectivity index (χ1) is 11.7. The molecule has 126 valence electrons. The molecule has 1 fully saturated rings. The zero-order valence-corrected chi connectivity index (χ0v) is 14.1. The summed E-state index contributed by atoms with van der Waals surface area (Å²) in [5, 5.41) is 16.2. The van der Waals surface area contributed by atoms with Gasteiger partial charge in [0.15, 0.2) is 11.5 Å². The summed E-state index contributed by atoms with van der Waals surface area (Å²) in [6.07, 6.45) is 1.81. The maximum Gasteiger partial charge on any atom is 0.161 e. The van der Waals surface area contributed by atoms with Crippen LogP contribution in [0.5, 0.6) is 11.5 Å². The third-order valence-electron chi connectivity index (χ3n) is 4.23. The Bertz CT molecular complexity index is 705. The molecule has 1 saturated heterocycles. The predicted molar refractivity (Wildman–Crippen MR) is 97.2 cm³/mol. The van der Waals surface area contributed by atoms with Gasteiger partial charge < -0.3 is 14.7 Å². The minimum absolute atomic E-state index is 0.140. The van der Waals surface area contributed by atoms with E-state index >= 15 is 0 Å². The maximum atomic E-state index is 9.62. The molecule has 3 rings (SSSR count). The van der Waals surface area contributed by atoms with Gasteiger partial charge in [0.25, 0.3) is 0 Å². The summed E-state index contributed by atoms with van der Waals surface area (Å²) in [4.78, 5) is 2.38. The van der Waals surface area contributed by atoms with Crippen molar-refractivity contribution in [1.29, 1.82) is 0 Å². The largest absolute Gasteiger partial charge is 0.504 e. The molecular weight excluding hydrogens is 302 g/mol. The summed E-state index contributed by atoms with van der Waals surface area (Å²) < 4.78 is 5.12. The molecule has 0 saturated carbocycles. The highest BCUT2D eigenvalue weighted by Crippen LogP contribution is 2.25. The van der Waals surface area contributed by atoms with Crippen LogP contribution in [-0.4, -0.2) is 49.6 Å². The SMILES string of the molecule is COc1cc(C=NN2CCN(c3ccc(C)cc3)CC2)ccc1O. The van der Waals surface area contributed by atoms with Crippen molar-refractivity contribution < 1.29 is 9.84 Å². The normalized spacial score (nSPS) is 15.1. The van der Waals surface area contributed by atoms with Crippen LogP contribution in [0, 0.1) is 6.92 Å². The molecule has 5 heteroatoms. The van der Waals surface area contributed by atoms with Crippen molar-refractivity contribution in [2.24, 2.45) is 5.10 Å². The molecule has 0 spiro atoms. The number of aromatic hydroxyl groups is 1. The van der Waals surface area contributed by atoms with Crippen LogP contribution in [0.2, 0.25) is 0 Å². The number of anilines is 1. The second-order valence-electron chi connectivity index (χ2n) is 5.95. The molecule has 0 aliphatic carbocycles. The molecule has 0 unspecified atom stereocenters. The minimum atomic E-state index is 0.140. The zero-order valence-electron chi connectivity index (χ0n) is 14.1. The van der Waals surface area contributed by atoms with Gasteiger partial charge in [-0.1, -0.05) is 17.7 Å². The first-order valence-electron chi connectivity index (χ1n) is 8.13. The summed E-state index contributed by atoms with van der Waals surface area (Å²) >= 11 is 0. The fourth-order valence-electron chi connectivity index (χ4n) is 2.75. The molecular formula is C19H23N3O2. The predicted octanol–water partition coefficient (Wildman–Crippen LogP) is 2.87. The molecule has 1 aliphatic heterocycles. The van der Waals surface area contributed by atoms with Crippen LogP contribution in [-0.2, 0) is 0 Å². The Balaban J connectivity index is 1.58. The molecule has 1 aliphatic rings. The number of hydrogen-bond acceptors (Lipinski definition) is 5. The molecule has 0 bridgehead atoms. The van der Waals surface area contributed by atoms with Crippen molar-refractivity contribution in [2.45, 2.75) is 6.92 Å². The van der Waals surface area contributed by atoms with Crippen molar-refractivity contribution >= 4 is 11.9 Å². The Labute approximate surface area is 142 Å². The van der Waals surface area contributed by atoms with Gasteiger partial charge in [0.1, 0.15) is 0 Å². The Kier molecular flexibility index (Phi) is 4.89. The second-order valence-corrected chi connectivity index (χ2v) is 5.95. The van der Waals surface area contributed by atoms with Gasteiger partial charge in [-0.25, -0.2) is 0 Å². The van der Waals surface area contributed by atoms with Crippen LogP contribution in [0.3, 0.4) is 0 Å². The first kappa shape index (κ1) is 16.2. The lowest BCUT2D eigenvalue weighted by Crippen LogP contribution is -2.44. The number of benzene rings is 2. The van der Waals surface area contributed by atoms with Gasteiger partial charge in [-0.15, -0.1) is 0 Å². The number of rotatable bonds is 4. The number of phenols is 1. The third kappa shape index (κ3) is 3.79. The fourth-order valence-corrected chi connectivity index (χ4v) is 2.75. The molecule has 0 amide bonds. The van der Waals surface area contributed by atoms with Crippen LogP contribution in [0.1, 0.15) is 11.1 Å². The van der Waals surface area contributed by atoms with Gasteiger partial charge in [-0.3, -0.25) is 5.01 Å². The molecule has 1 N–H and O–H groups in total. The van der Waals surface area contributed by atoms with Crippen molar-refractivity contribution in [2.75, 3.05) is 38.2 Å². The van der Waals surface area contributed by atoms with Crippen LogP contribution >= 0.6 is 0 Å². The number of hydrogen-bond donors (Lipinski definition) is 1. The standard InChI is InChI=1S/C19H23N3O2/c1-15-3-6-17(7-4-15)21-9-11-22(12-10-21)20-14-16-5-8-18(23)19(13-16)24-2/h3-8,13-14,23H,9-12H2,1-2H3. The lowest BCUT2D eigenvalue weighted by molar-refractivity contribution is 0.272. The van der Waals surface area contributed by atoms with E-state index in [1.165, 1.54) is 11.3 Å². The lowest BCUT2D eigenvalue weighted by Gasteiger charge is -2.34. The molecule has 0 atom stereocenters. The van der Waals surface area contributed by atoms with Gasteiger partial charge >= 0.3 is 0 Å². The monoisotopic (exact) mass is 325 g/mol. The Morgan fingerprint density at radius 1 is 1.04 bits per heavy atom. The van der Waals surface area contributed by atoms with Gasteiger partial charge in [0, 0.05) is 18.8 Å². The summed E-state index contributed by atoms with van der Waals surface area (Å²) in [6, 6.07) is 13.9. The van der Waals surface area contributed by atoms with Crippen LogP contribution in [0.25, 0.3) is 0 Å². The lowest BCUT2D eigenvalue weighted by atomic mass is 10.2. The van der Waals surface area contributed by atoms with Crippen molar-refractivity contribution in [3.05, 3.63) is 53.6 Å². The maximum absolute atomic E-state index is 9.62. The van der Waals surface area contributed by atoms with Crippen molar-refractivity contribution in [3.63, 3.8) is 0 Å². The highest BCUT2D eigenvalue weighted by atomic mass is 16.5. The molecule has 2 aromatic rings. The van der Waals surface area contributed by atoms with E-state index < -0.39 is 0 Å². The van der Waals surface area contributed by atoms with Gasteiger partial charge in [0.05, 0.1) is 26.4 Å². The minimum Gasteiger partial charge on any atom is -0.504 e. The van der Waals surface area contributed by atoms with E-state index in [1.807, 2.05) is 12.3 Å². The number of hydrazone groups is 1. The molecule has 0 radical (unpaired) electrons. The van der Waals surface area contributed by atoms with E-state index in [0.717, 1.165) is 31.7 Å². The number of phenolic OH excluding ortho intramolecular Hbond substituents is 1. The van der Waals surface area contributed by atoms with Crippen LogP contribution in [0.15, 0.2) is 47.6 Å². The fraction of sp³-hybridized carbons (Fsp3) is 0.316. The number of aryl methyl sites for hydroxylation is 1. The van der Waals surface area contributed by atoms with E-state index in [1.54, 1.807) is 19.2 Å². The molecule has 2 aromatic carbocycles. The number of piperazine rings is 1. The Morgan fingerprint density at radius 3 is 2.42 bits per heavy atom.